The maximum absolute atomic E-state index is 5.87. The first kappa shape index (κ1) is 12.0. The van der Waals surface area contributed by atoms with Gasteiger partial charge in [0.1, 0.15) is 16.3 Å². The Kier molecular flexibility index (Phi) is 3.10. The second-order valence-electron chi connectivity index (χ2n) is 4.10. The van der Waals surface area contributed by atoms with Crippen LogP contribution in [-0.2, 0) is 6.54 Å². The van der Waals surface area contributed by atoms with Crippen LogP contribution in [0.1, 0.15) is 23.8 Å². The maximum Gasteiger partial charge on any atom is 0.183 e. The highest BCUT2D eigenvalue weighted by Gasteiger charge is 2.13. The zero-order valence-corrected chi connectivity index (χ0v) is 11.1. The normalized spacial score (nSPS) is 12.9. The first-order chi connectivity index (χ1) is 9.24. The minimum absolute atomic E-state index is 0.0210. The van der Waals surface area contributed by atoms with E-state index in [9.17, 15) is 0 Å². The summed E-state index contributed by atoms with van der Waals surface area (Å²) in [5.74, 6) is 1.05. The third-order valence-corrected chi connectivity index (χ3v) is 3.54. The smallest absolute Gasteiger partial charge is 0.183 e. The van der Waals surface area contributed by atoms with Gasteiger partial charge in [-0.15, -0.1) is 11.3 Å². The summed E-state index contributed by atoms with van der Waals surface area (Å²) < 4.78 is 0. The first-order valence-electron chi connectivity index (χ1n) is 5.82. The van der Waals surface area contributed by atoms with Crippen molar-refractivity contribution in [3.63, 3.8) is 0 Å². The molecule has 3 aromatic heterocycles. The Morgan fingerprint density at radius 3 is 3.11 bits per heavy atom. The van der Waals surface area contributed by atoms with Crippen LogP contribution in [0.5, 0.6) is 0 Å². The lowest BCUT2D eigenvalue weighted by Crippen LogP contribution is -2.20. The topological polar surface area (TPSA) is 105 Å². The standard InChI is InChI=1S/C11H13N7S/c1-6(14-4-7-13-2-3-19-7)10-17-9(12)8-11(18-10)16-5-15-8/h2-3,5-6,14H,4H2,1H3,(H3,12,15,16,17,18). The molecule has 3 aromatic rings. The third kappa shape index (κ3) is 2.40. The number of aromatic nitrogens is 5. The molecule has 19 heavy (non-hydrogen) atoms. The van der Waals surface area contributed by atoms with Crippen molar-refractivity contribution in [3.05, 3.63) is 28.7 Å². The molecule has 98 valence electrons. The number of thiazole rings is 1. The van der Waals surface area contributed by atoms with Gasteiger partial charge in [-0.2, -0.15) is 0 Å². The Bertz CT molecular complexity index is 675. The molecule has 0 bridgehead atoms. The zero-order chi connectivity index (χ0) is 13.2. The highest BCUT2D eigenvalue weighted by Crippen LogP contribution is 2.17. The predicted molar refractivity (Wildman–Crippen MR) is 73.5 cm³/mol. The second kappa shape index (κ2) is 4.90. The Labute approximate surface area is 113 Å². The van der Waals surface area contributed by atoms with Crippen molar-refractivity contribution in [2.24, 2.45) is 0 Å². The molecule has 0 aliphatic rings. The average Bonchev–Trinajstić information content (AvgIpc) is 3.06. The van der Waals surface area contributed by atoms with Crippen LogP contribution in [0.4, 0.5) is 5.82 Å². The van der Waals surface area contributed by atoms with Crippen molar-refractivity contribution in [2.45, 2.75) is 19.5 Å². The lowest BCUT2D eigenvalue weighted by Gasteiger charge is -2.11. The summed E-state index contributed by atoms with van der Waals surface area (Å²) in [7, 11) is 0. The van der Waals surface area contributed by atoms with Crippen molar-refractivity contribution < 1.29 is 0 Å². The van der Waals surface area contributed by atoms with Gasteiger partial charge < -0.3 is 16.0 Å². The van der Waals surface area contributed by atoms with Gasteiger partial charge in [-0.3, -0.25) is 0 Å². The van der Waals surface area contributed by atoms with E-state index in [2.05, 4.69) is 30.2 Å². The summed E-state index contributed by atoms with van der Waals surface area (Å²) in [4.78, 5) is 19.9. The average molecular weight is 275 g/mol. The lowest BCUT2D eigenvalue weighted by atomic mass is 10.3. The fourth-order valence-electron chi connectivity index (χ4n) is 1.74. The largest absolute Gasteiger partial charge is 0.382 e. The Morgan fingerprint density at radius 1 is 1.42 bits per heavy atom. The zero-order valence-electron chi connectivity index (χ0n) is 10.3. The molecule has 0 spiro atoms. The number of nitrogens with one attached hydrogen (secondary N) is 2. The van der Waals surface area contributed by atoms with Crippen LogP contribution in [0.3, 0.4) is 0 Å². The van der Waals surface area contributed by atoms with Crippen molar-refractivity contribution in [1.82, 2.24) is 30.2 Å². The van der Waals surface area contributed by atoms with Crippen LogP contribution in [0.15, 0.2) is 17.9 Å². The minimum atomic E-state index is -0.0210. The molecule has 8 heteroatoms. The number of rotatable bonds is 4. The number of imidazole rings is 1. The quantitative estimate of drug-likeness (QED) is 0.661. The molecule has 1 atom stereocenters. The number of H-pyrrole nitrogens is 1. The number of nitrogens with two attached hydrogens (primary N) is 1. The predicted octanol–water partition coefficient (Wildman–Crippen LogP) is 1.24. The molecule has 0 aromatic carbocycles. The van der Waals surface area contributed by atoms with E-state index >= 15 is 0 Å². The molecule has 3 rings (SSSR count). The Balaban J connectivity index is 1.79. The van der Waals surface area contributed by atoms with E-state index in [0.29, 0.717) is 29.4 Å². The number of aromatic amines is 1. The molecule has 0 aliphatic heterocycles. The fraction of sp³-hybridized carbons (Fsp3) is 0.273. The maximum atomic E-state index is 5.87. The highest BCUT2D eigenvalue weighted by atomic mass is 32.1. The van der Waals surface area contributed by atoms with E-state index in [1.54, 1.807) is 23.9 Å². The molecule has 4 N–H and O–H groups in total. The highest BCUT2D eigenvalue weighted by molar-refractivity contribution is 7.09. The molecule has 0 radical (unpaired) electrons. The van der Waals surface area contributed by atoms with Gasteiger partial charge in [-0.25, -0.2) is 19.9 Å². The van der Waals surface area contributed by atoms with E-state index in [0.717, 1.165) is 5.01 Å². The minimum Gasteiger partial charge on any atom is -0.382 e. The molecule has 7 nitrogen and oxygen atoms in total. The number of nitrogens with zero attached hydrogens (tertiary/aromatic N) is 4. The first-order valence-corrected chi connectivity index (χ1v) is 6.70. The summed E-state index contributed by atoms with van der Waals surface area (Å²) in [5, 5.41) is 6.29. The Morgan fingerprint density at radius 2 is 2.32 bits per heavy atom. The molecule has 0 saturated heterocycles. The Hall–Kier alpha value is -2.06. The van der Waals surface area contributed by atoms with Crippen LogP contribution in [0.25, 0.3) is 11.2 Å². The summed E-state index contributed by atoms with van der Waals surface area (Å²) in [5.41, 5.74) is 7.13. The van der Waals surface area contributed by atoms with Crippen molar-refractivity contribution in [3.8, 4) is 0 Å². The summed E-state index contributed by atoms with van der Waals surface area (Å²) in [6.07, 6.45) is 3.35. The molecule has 0 saturated carbocycles. The summed E-state index contributed by atoms with van der Waals surface area (Å²) >= 11 is 1.61. The summed E-state index contributed by atoms with van der Waals surface area (Å²) in [6.45, 7) is 2.67. The van der Waals surface area contributed by atoms with Crippen molar-refractivity contribution in [1.29, 1.82) is 0 Å². The number of anilines is 1. The van der Waals surface area contributed by atoms with Crippen LogP contribution in [0, 0.1) is 0 Å². The van der Waals surface area contributed by atoms with E-state index in [1.807, 2.05) is 12.3 Å². The molecule has 0 aliphatic carbocycles. The number of fused-ring (bicyclic) bond motifs is 1. The van der Waals surface area contributed by atoms with Gasteiger partial charge in [0.15, 0.2) is 11.5 Å². The van der Waals surface area contributed by atoms with Gasteiger partial charge >= 0.3 is 0 Å². The van der Waals surface area contributed by atoms with Crippen molar-refractivity contribution >= 4 is 28.3 Å². The van der Waals surface area contributed by atoms with Crippen molar-refractivity contribution in [2.75, 3.05) is 5.73 Å². The molecule has 1 unspecified atom stereocenters. The van der Waals surface area contributed by atoms with Crippen LogP contribution in [-0.4, -0.2) is 24.9 Å². The number of nitrogen functional groups attached to an aromatic ring is 1. The van der Waals surface area contributed by atoms with Gasteiger partial charge in [0.05, 0.1) is 12.4 Å². The fourth-order valence-corrected chi connectivity index (χ4v) is 2.31. The molecule has 0 fully saturated rings. The number of hydrogen-bond acceptors (Lipinski definition) is 7. The second-order valence-corrected chi connectivity index (χ2v) is 5.08. The SMILES string of the molecule is CC(NCc1nccs1)c1nc(N)c2[nH]cnc2n1. The van der Waals surface area contributed by atoms with E-state index in [4.69, 9.17) is 5.73 Å². The molecule has 0 amide bonds. The molecular weight excluding hydrogens is 262 g/mol. The van der Waals surface area contributed by atoms with Crippen LogP contribution >= 0.6 is 11.3 Å². The van der Waals surface area contributed by atoms with Gasteiger partial charge in [-0.1, -0.05) is 0 Å². The van der Waals surface area contributed by atoms with Crippen LogP contribution in [0.2, 0.25) is 0 Å². The monoisotopic (exact) mass is 275 g/mol. The van der Waals surface area contributed by atoms with E-state index in [-0.39, 0.29) is 6.04 Å². The molecular formula is C11H13N7S. The number of hydrogen-bond donors (Lipinski definition) is 3. The van der Waals surface area contributed by atoms with E-state index < -0.39 is 0 Å². The third-order valence-electron chi connectivity index (χ3n) is 2.76. The molecule has 3 heterocycles. The summed E-state index contributed by atoms with van der Waals surface area (Å²) in [6, 6.07) is -0.0210. The van der Waals surface area contributed by atoms with Gasteiger partial charge in [0, 0.05) is 18.1 Å². The van der Waals surface area contributed by atoms with E-state index in [1.165, 1.54) is 0 Å². The van der Waals surface area contributed by atoms with Gasteiger partial charge in [-0.05, 0) is 6.92 Å². The van der Waals surface area contributed by atoms with Gasteiger partial charge in [0.25, 0.3) is 0 Å². The van der Waals surface area contributed by atoms with Gasteiger partial charge in [0.2, 0.25) is 0 Å². The van der Waals surface area contributed by atoms with Crippen LogP contribution < -0.4 is 11.1 Å². The lowest BCUT2D eigenvalue weighted by molar-refractivity contribution is 0.547.